The first-order valence-corrected chi connectivity index (χ1v) is 8.45. The zero-order valence-corrected chi connectivity index (χ0v) is 15.7. The Bertz CT molecular complexity index is 985. The molecule has 0 aliphatic carbocycles. The molecule has 0 radical (unpaired) electrons. The van der Waals surface area contributed by atoms with Gasteiger partial charge in [-0.3, -0.25) is 5.73 Å². The minimum atomic E-state index is -6.19. The summed E-state index contributed by atoms with van der Waals surface area (Å²) in [4.78, 5) is 0. The van der Waals surface area contributed by atoms with Crippen LogP contribution in [0.15, 0.2) is 36.4 Å². The molecule has 178 valence electrons. The fourth-order valence-corrected chi connectivity index (χ4v) is 2.92. The lowest BCUT2D eigenvalue weighted by atomic mass is 9.88. The van der Waals surface area contributed by atoms with Crippen LogP contribution >= 0.6 is 0 Å². The molecule has 0 aliphatic rings. The molecule has 2 aromatic carbocycles. The van der Waals surface area contributed by atoms with Gasteiger partial charge in [0, 0.05) is 22.5 Å². The highest BCUT2D eigenvalue weighted by Crippen LogP contribution is 2.51. The van der Waals surface area contributed by atoms with Crippen LogP contribution in [0.5, 0.6) is 0 Å². The number of anilines is 2. The molecule has 0 aromatic heterocycles. The highest BCUT2D eigenvalue weighted by Gasteiger charge is 2.72. The maximum Gasteiger partial charge on any atom is 0.435 e. The average molecular weight is 477 g/mol. The smallest absolute Gasteiger partial charge is 0.398 e. The first kappa shape index (κ1) is 25.5. The van der Waals surface area contributed by atoms with Crippen molar-refractivity contribution >= 4 is 11.4 Å². The minimum absolute atomic E-state index is 0.0967. The Kier molecular flexibility index (Phi) is 6.15. The van der Waals surface area contributed by atoms with E-state index < -0.39 is 58.8 Å². The molecule has 1 atom stereocenters. The molecule has 0 saturated heterocycles. The summed E-state index contributed by atoms with van der Waals surface area (Å²) in [6.45, 7) is 0. The lowest BCUT2D eigenvalue weighted by molar-refractivity contribution is -0.376. The number of benzene rings is 2. The number of nitrogens with two attached hydrogens (primary N) is 3. The quantitative estimate of drug-likeness (QED) is 0.263. The van der Waals surface area contributed by atoms with Crippen molar-refractivity contribution in [3.05, 3.63) is 58.7 Å². The predicted octanol–water partition coefficient (Wildman–Crippen LogP) is 3.42. The monoisotopic (exact) mass is 477 g/mol. The van der Waals surface area contributed by atoms with Crippen molar-refractivity contribution in [2.75, 3.05) is 11.5 Å². The lowest BCUT2D eigenvalue weighted by Crippen LogP contribution is -2.54. The van der Waals surface area contributed by atoms with E-state index in [1.54, 1.807) is 0 Å². The molecule has 0 fully saturated rings. The van der Waals surface area contributed by atoms with Gasteiger partial charge in [-0.05, 0) is 41.8 Å². The molecule has 14 heteroatoms. The van der Waals surface area contributed by atoms with Crippen LogP contribution in [0.3, 0.4) is 0 Å². The van der Waals surface area contributed by atoms with Crippen LogP contribution in [0, 0.1) is 0 Å². The molecule has 0 bridgehead atoms. The van der Waals surface area contributed by atoms with E-state index in [1.165, 1.54) is 0 Å². The maximum atomic E-state index is 13.2. The van der Waals surface area contributed by atoms with Gasteiger partial charge in [-0.15, -0.1) is 0 Å². The molecule has 2 aromatic rings. The van der Waals surface area contributed by atoms with Gasteiger partial charge in [0.2, 0.25) is 5.72 Å². The number of nitrogen functional groups attached to an aromatic ring is 2. The van der Waals surface area contributed by atoms with Crippen LogP contribution in [0.25, 0.3) is 0 Å². The molecule has 0 saturated carbocycles. The fourth-order valence-electron chi connectivity index (χ4n) is 2.92. The van der Waals surface area contributed by atoms with Crippen LogP contribution in [-0.2, 0) is 17.7 Å². The molecule has 0 aliphatic heterocycles. The Balaban J connectivity index is 2.57. The van der Waals surface area contributed by atoms with E-state index in [2.05, 4.69) is 0 Å². The number of halogens is 9. The molecule has 0 heterocycles. The van der Waals surface area contributed by atoms with Crippen LogP contribution in [0.4, 0.5) is 50.9 Å². The second kappa shape index (κ2) is 7.71. The van der Waals surface area contributed by atoms with Crippen LogP contribution in [0.2, 0.25) is 0 Å². The van der Waals surface area contributed by atoms with Gasteiger partial charge in [0.05, 0.1) is 0 Å². The van der Waals surface area contributed by atoms with Crippen molar-refractivity contribution in [1.29, 1.82) is 0 Å². The third kappa shape index (κ3) is 4.29. The van der Waals surface area contributed by atoms with Crippen molar-refractivity contribution in [1.82, 2.24) is 0 Å². The highest BCUT2D eigenvalue weighted by molar-refractivity contribution is 5.55. The molecular weight excluding hydrogens is 461 g/mol. The van der Waals surface area contributed by atoms with Gasteiger partial charge in [-0.1, -0.05) is 12.1 Å². The van der Waals surface area contributed by atoms with E-state index in [9.17, 15) is 49.7 Å². The van der Waals surface area contributed by atoms with Gasteiger partial charge in [0.1, 0.15) is 0 Å². The molecular formula is C18H16F9N3O2. The summed E-state index contributed by atoms with van der Waals surface area (Å²) >= 11 is 0. The summed E-state index contributed by atoms with van der Waals surface area (Å²) in [7, 11) is 0. The summed E-state index contributed by atoms with van der Waals surface area (Å²) < 4.78 is 118. The molecule has 8 N–H and O–H groups in total. The molecule has 0 amide bonds. The third-order valence-corrected chi connectivity index (χ3v) is 4.70. The normalized spacial score (nSPS) is 15.5. The average Bonchev–Trinajstić information content (AvgIpc) is 2.61. The Morgan fingerprint density at radius 2 is 1.00 bits per heavy atom. The van der Waals surface area contributed by atoms with Gasteiger partial charge in [-0.2, -0.15) is 39.5 Å². The van der Waals surface area contributed by atoms with Crippen molar-refractivity contribution in [3.63, 3.8) is 0 Å². The zero-order valence-electron chi connectivity index (χ0n) is 15.7. The summed E-state index contributed by atoms with van der Waals surface area (Å²) in [6.07, 6.45) is -18.2. The fraction of sp³-hybridized carbons (Fsp3) is 0.333. The molecule has 5 nitrogen and oxygen atoms in total. The standard InChI is InChI=1S/C18H16F9N3O2/c19-16(20,21)14(31,17(22,23)24)10-6-8(1-3-12(10)28)5-9-2-4-13(29)11(7-9)15(30,32)18(25,26)27/h1-4,6-7,31-32H,5,28-30H2. The second-order valence-corrected chi connectivity index (χ2v) is 6.99. The first-order valence-electron chi connectivity index (χ1n) is 8.45. The molecule has 0 spiro atoms. The SMILES string of the molecule is Nc1ccc(Cc2ccc(N)c(C(O)(C(F)(F)F)C(F)(F)F)c2)cc1C(N)(O)C(F)(F)F. The van der Waals surface area contributed by atoms with Gasteiger partial charge in [0.25, 0.3) is 5.60 Å². The topological polar surface area (TPSA) is 119 Å². The van der Waals surface area contributed by atoms with Gasteiger partial charge in [0.15, 0.2) is 0 Å². The van der Waals surface area contributed by atoms with E-state index in [0.29, 0.717) is 18.2 Å². The van der Waals surface area contributed by atoms with Gasteiger partial charge in [-0.25, -0.2) is 0 Å². The summed E-state index contributed by atoms with van der Waals surface area (Å²) in [5, 5.41) is 19.2. The van der Waals surface area contributed by atoms with Crippen molar-refractivity contribution < 1.29 is 49.7 Å². The van der Waals surface area contributed by atoms with Crippen molar-refractivity contribution in [2.45, 2.75) is 36.3 Å². The van der Waals surface area contributed by atoms with Crippen molar-refractivity contribution in [2.24, 2.45) is 5.73 Å². The van der Waals surface area contributed by atoms with Crippen LogP contribution < -0.4 is 17.2 Å². The van der Waals surface area contributed by atoms with E-state index in [1.807, 2.05) is 0 Å². The largest absolute Gasteiger partial charge is 0.435 e. The number of alkyl halides is 9. The van der Waals surface area contributed by atoms with Gasteiger partial charge >= 0.3 is 18.5 Å². The summed E-state index contributed by atoms with van der Waals surface area (Å²) in [5.74, 6) is 0. The number of hydrogen-bond acceptors (Lipinski definition) is 5. The lowest BCUT2D eigenvalue weighted by Gasteiger charge is -2.33. The van der Waals surface area contributed by atoms with Crippen LogP contribution in [0.1, 0.15) is 22.3 Å². The summed E-state index contributed by atoms with van der Waals surface area (Å²) in [5.41, 5.74) is 1.83. The van der Waals surface area contributed by atoms with E-state index >= 15 is 0 Å². The zero-order chi connectivity index (χ0) is 24.9. The van der Waals surface area contributed by atoms with E-state index in [-0.39, 0.29) is 11.1 Å². The van der Waals surface area contributed by atoms with Crippen LogP contribution in [-0.4, -0.2) is 28.7 Å². The Morgan fingerprint density at radius 1 is 0.625 bits per heavy atom. The summed E-state index contributed by atoms with van der Waals surface area (Å²) in [6, 6.07) is 4.79. The van der Waals surface area contributed by atoms with Gasteiger partial charge < -0.3 is 21.7 Å². The first-order chi connectivity index (χ1) is 14.2. The number of hydrogen-bond donors (Lipinski definition) is 5. The number of aliphatic hydroxyl groups is 2. The van der Waals surface area contributed by atoms with Crippen molar-refractivity contribution in [3.8, 4) is 0 Å². The second-order valence-electron chi connectivity index (χ2n) is 6.99. The maximum absolute atomic E-state index is 13.2. The Hall–Kier alpha value is -2.71. The molecule has 32 heavy (non-hydrogen) atoms. The minimum Gasteiger partial charge on any atom is -0.398 e. The van der Waals surface area contributed by atoms with E-state index in [4.69, 9.17) is 17.2 Å². The molecule has 2 rings (SSSR count). The Morgan fingerprint density at radius 3 is 1.38 bits per heavy atom. The highest BCUT2D eigenvalue weighted by atomic mass is 19.4. The van der Waals surface area contributed by atoms with E-state index in [0.717, 1.165) is 18.2 Å². The third-order valence-electron chi connectivity index (χ3n) is 4.70. The Labute approximate surface area is 174 Å². The molecule has 1 unspecified atom stereocenters. The number of rotatable bonds is 4. The predicted molar refractivity (Wildman–Crippen MR) is 94.7 cm³/mol.